The van der Waals surface area contributed by atoms with Crippen molar-refractivity contribution in [1.82, 2.24) is 10.3 Å². The zero-order chi connectivity index (χ0) is 10.5. The van der Waals surface area contributed by atoms with Crippen LogP contribution in [0.3, 0.4) is 0 Å². The molecule has 0 amide bonds. The van der Waals surface area contributed by atoms with E-state index in [0.717, 1.165) is 5.56 Å². The first-order valence-electron chi connectivity index (χ1n) is 5.67. The van der Waals surface area contributed by atoms with Crippen LogP contribution in [0.2, 0.25) is 0 Å². The van der Waals surface area contributed by atoms with Crippen LogP contribution in [0.5, 0.6) is 0 Å². The molecular formula is C12H18N2O. The van der Waals surface area contributed by atoms with Crippen LogP contribution in [0.4, 0.5) is 0 Å². The Morgan fingerprint density at radius 2 is 2.27 bits per heavy atom. The average Bonchev–Trinajstić information content (AvgIpc) is 2.80. The fourth-order valence-electron chi connectivity index (χ4n) is 2.21. The highest BCUT2D eigenvalue weighted by Gasteiger charge is 2.19. The average molecular weight is 206 g/mol. The van der Waals surface area contributed by atoms with Gasteiger partial charge in [-0.05, 0) is 24.5 Å². The number of nitrogens with zero attached hydrogens (tertiary/aromatic N) is 1. The predicted molar refractivity (Wildman–Crippen MR) is 59.5 cm³/mol. The Kier molecular flexibility index (Phi) is 3.69. The van der Waals surface area contributed by atoms with E-state index in [1.165, 1.54) is 25.7 Å². The molecule has 0 spiro atoms. The summed E-state index contributed by atoms with van der Waals surface area (Å²) >= 11 is 0. The molecule has 1 aromatic rings. The molecule has 2 N–H and O–H groups in total. The summed E-state index contributed by atoms with van der Waals surface area (Å²) in [5.41, 5.74) is 1.08. The van der Waals surface area contributed by atoms with Crippen LogP contribution in [0.15, 0.2) is 24.5 Å². The molecule has 1 fully saturated rings. The van der Waals surface area contributed by atoms with E-state index in [1.54, 1.807) is 6.20 Å². The molecule has 1 aliphatic rings. The third-order valence-electron chi connectivity index (χ3n) is 3.06. The molecule has 1 aromatic heterocycles. The van der Waals surface area contributed by atoms with Gasteiger partial charge in [-0.15, -0.1) is 0 Å². The summed E-state index contributed by atoms with van der Waals surface area (Å²) in [7, 11) is 0. The Labute approximate surface area is 90.5 Å². The Morgan fingerprint density at radius 1 is 1.47 bits per heavy atom. The molecule has 1 aliphatic carbocycles. The lowest BCUT2D eigenvalue weighted by atomic mass is 10.1. The van der Waals surface area contributed by atoms with E-state index in [0.29, 0.717) is 6.04 Å². The maximum Gasteiger partial charge on any atom is 0.0627 e. The SMILES string of the molecule is OCC(NC1CCCC1)c1cccnc1. The lowest BCUT2D eigenvalue weighted by molar-refractivity contribution is 0.233. The Bertz CT molecular complexity index is 283. The molecule has 82 valence electrons. The summed E-state index contributed by atoms with van der Waals surface area (Å²) in [5, 5.41) is 12.8. The Balaban J connectivity index is 1.97. The van der Waals surface area contributed by atoms with Crippen molar-refractivity contribution in [2.24, 2.45) is 0 Å². The second kappa shape index (κ2) is 5.24. The van der Waals surface area contributed by atoms with Crippen LogP contribution >= 0.6 is 0 Å². The third-order valence-corrected chi connectivity index (χ3v) is 3.06. The van der Waals surface area contributed by atoms with E-state index >= 15 is 0 Å². The lowest BCUT2D eigenvalue weighted by Gasteiger charge is -2.21. The summed E-state index contributed by atoms with van der Waals surface area (Å²) < 4.78 is 0. The second-order valence-corrected chi connectivity index (χ2v) is 4.17. The first-order valence-corrected chi connectivity index (χ1v) is 5.67. The lowest BCUT2D eigenvalue weighted by Crippen LogP contribution is -2.32. The third kappa shape index (κ3) is 2.76. The highest BCUT2D eigenvalue weighted by molar-refractivity contribution is 5.14. The number of pyridine rings is 1. The van der Waals surface area contributed by atoms with Gasteiger partial charge in [0.1, 0.15) is 0 Å². The molecular weight excluding hydrogens is 188 g/mol. The normalized spacial score (nSPS) is 19.3. The van der Waals surface area contributed by atoms with E-state index < -0.39 is 0 Å². The fraction of sp³-hybridized carbons (Fsp3) is 0.583. The van der Waals surface area contributed by atoms with Gasteiger partial charge in [-0.3, -0.25) is 4.98 Å². The van der Waals surface area contributed by atoms with Gasteiger partial charge in [-0.1, -0.05) is 18.9 Å². The van der Waals surface area contributed by atoms with Crippen molar-refractivity contribution in [3.63, 3.8) is 0 Å². The Morgan fingerprint density at radius 3 is 2.87 bits per heavy atom. The molecule has 0 aromatic carbocycles. The number of hydrogen-bond donors (Lipinski definition) is 2. The summed E-state index contributed by atoms with van der Waals surface area (Å²) in [4.78, 5) is 4.08. The number of rotatable bonds is 4. The van der Waals surface area contributed by atoms with Gasteiger partial charge in [0.2, 0.25) is 0 Å². The highest BCUT2D eigenvalue weighted by atomic mass is 16.3. The van der Waals surface area contributed by atoms with E-state index in [2.05, 4.69) is 10.3 Å². The Hall–Kier alpha value is -0.930. The summed E-state index contributed by atoms with van der Waals surface area (Å²) in [6.07, 6.45) is 8.66. The van der Waals surface area contributed by atoms with E-state index in [1.807, 2.05) is 18.3 Å². The number of aliphatic hydroxyl groups is 1. The molecule has 1 unspecified atom stereocenters. The van der Waals surface area contributed by atoms with Crippen LogP contribution in [0.1, 0.15) is 37.3 Å². The molecule has 0 aliphatic heterocycles. The summed E-state index contributed by atoms with van der Waals surface area (Å²) in [6, 6.07) is 4.54. The van der Waals surface area contributed by atoms with Crippen LogP contribution in [0, 0.1) is 0 Å². The molecule has 3 heteroatoms. The van der Waals surface area contributed by atoms with Crippen LogP contribution in [-0.2, 0) is 0 Å². The largest absolute Gasteiger partial charge is 0.394 e. The number of aliphatic hydroxyl groups excluding tert-OH is 1. The van der Waals surface area contributed by atoms with Gasteiger partial charge in [0.15, 0.2) is 0 Å². The maximum absolute atomic E-state index is 9.35. The molecule has 0 radical (unpaired) electrons. The minimum absolute atomic E-state index is 0.0433. The topological polar surface area (TPSA) is 45.1 Å². The van der Waals surface area contributed by atoms with Crippen molar-refractivity contribution in [1.29, 1.82) is 0 Å². The van der Waals surface area contributed by atoms with E-state index in [-0.39, 0.29) is 12.6 Å². The smallest absolute Gasteiger partial charge is 0.0627 e. The minimum atomic E-state index is 0.0433. The van der Waals surface area contributed by atoms with Gasteiger partial charge in [0.05, 0.1) is 12.6 Å². The molecule has 1 saturated carbocycles. The summed E-state index contributed by atoms with van der Waals surface area (Å²) in [5.74, 6) is 0. The maximum atomic E-state index is 9.35. The quantitative estimate of drug-likeness (QED) is 0.787. The van der Waals surface area contributed by atoms with Crippen molar-refractivity contribution >= 4 is 0 Å². The van der Waals surface area contributed by atoms with E-state index in [9.17, 15) is 5.11 Å². The van der Waals surface area contributed by atoms with Crippen molar-refractivity contribution in [3.8, 4) is 0 Å². The fourth-order valence-corrected chi connectivity index (χ4v) is 2.21. The summed E-state index contributed by atoms with van der Waals surface area (Å²) in [6.45, 7) is 0.141. The zero-order valence-electron chi connectivity index (χ0n) is 8.89. The molecule has 2 rings (SSSR count). The van der Waals surface area contributed by atoms with Gasteiger partial charge in [0.25, 0.3) is 0 Å². The molecule has 3 nitrogen and oxygen atoms in total. The van der Waals surface area contributed by atoms with Crippen molar-refractivity contribution in [2.75, 3.05) is 6.61 Å². The first-order chi connectivity index (χ1) is 7.40. The number of hydrogen-bond acceptors (Lipinski definition) is 3. The van der Waals surface area contributed by atoms with Crippen LogP contribution < -0.4 is 5.32 Å². The first kappa shape index (κ1) is 10.6. The monoisotopic (exact) mass is 206 g/mol. The van der Waals surface area contributed by atoms with Crippen molar-refractivity contribution in [3.05, 3.63) is 30.1 Å². The predicted octanol–water partition coefficient (Wildman–Crippen LogP) is 1.65. The van der Waals surface area contributed by atoms with Gasteiger partial charge in [-0.2, -0.15) is 0 Å². The standard InChI is InChI=1S/C12H18N2O/c15-9-12(10-4-3-7-13-8-10)14-11-5-1-2-6-11/h3-4,7-8,11-12,14-15H,1-2,5-6,9H2. The highest BCUT2D eigenvalue weighted by Crippen LogP contribution is 2.21. The number of aromatic nitrogens is 1. The molecule has 0 saturated heterocycles. The van der Waals surface area contributed by atoms with Crippen LogP contribution in [0.25, 0.3) is 0 Å². The van der Waals surface area contributed by atoms with E-state index in [4.69, 9.17) is 0 Å². The molecule has 0 bridgehead atoms. The molecule has 15 heavy (non-hydrogen) atoms. The van der Waals surface area contributed by atoms with Gasteiger partial charge in [0, 0.05) is 18.4 Å². The minimum Gasteiger partial charge on any atom is -0.394 e. The van der Waals surface area contributed by atoms with Crippen LogP contribution in [-0.4, -0.2) is 22.7 Å². The molecule has 1 atom stereocenters. The zero-order valence-corrected chi connectivity index (χ0v) is 8.89. The van der Waals surface area contributed by atoms with Gasteiger partial charge >= 0.3 is 0 Å². The van der Waals surface area contributed by atoms with Crippen molar-refractivity contribution in [2.45, 2.75) is 37.8 Å². The number of nitrogens with one attached hydrogen (secondary N) is 1. The van der Waals surface area contributed by atoms with Gasteiger partial charge in [-0.25, -0.2) is 0 Å². The second-order valence-electron chi connectivity index (χ2n) is 4.17. The molecule has 1 heterocycles. The van der Waals surface area contributed by atoms with Crippen molar-refractivity contribution < 1.29 is 5.11 Å². The van der Waals surface area contributed by atoms with Gasteiger partial charge < -0.3 is 10.4 Å².